The van der Waals surface area contributed by atoms with Crippen LogP contribution >= 0.6 is 0 Å². The summed E-state index contributed by atoms with van der Waals surface area (Å²) in [6.07, 6.45) is 8.18. The van der Waals surface area contributed by atoms with Gasteiger partial charge in [0.2, 0.25) is 0 Å². The molecule has 1 aromatic heterocycles. The number of aromatic nitrogens is 2. The molecule has 2 amide bonds. The van der Waals surface area contributed by atoms with Gasteiger partial charge < -0.3 is 14.5 Å². The summed E-state index contributed by atoms with van der Waals surface area (Å²) < 4.78 is 7.44. The number of rotatable bonds is 3. The maximum absolute atomic E-state index is 13.2. The Hall–Kier alpha value is -1.56. The Labute approximate surface area is 143 Å². The summed E-state index contributed by atoms with van der Waals surface area (Å²) in [4.78, 5) is 17.2. The second kappa shape index (κ2) is 6.75. The molecule has 3 aliphatic rings. The van der Waals surface area contributed by atoms with Crippen molar-refractivity contribution in [2.75, 3.05) is 26.3 Å². The average Bonchev–Trinajstić information content (AvgIpc) is 3.33. The van der Waals surface area contributed by atoms with Gasteiger partial charge in [-0.2, -0.15) is 5.10 Å². The Morgan fingerprint density at radius 3 is 2.71 bits per heavy atom. The standard InChI is InChI=1S/C18H28N4O2/c1-20-17-8-4-7-15(17)16(19-20)13-22(14-5-2-3-6-14)18(23)21-9-11-24-12-10-21/h14H,2-13H2,1H3. The van der Waals surface area contributed by atoms with Crippen molar-refractivity contribution in [1.82, 2.24) is 19.6 Å². The van der Waals surface area contributed by atoms with Crippen LogP contribution in [-0.2, 0) is 31.2 Å². The quantitative estimate of drug-likeness (QED) is 0.852. The molecule has 132 valence electrons. The van der Waals surface area contributed by atoms with Gasteiger partial charge in [-0.05, 0) is 37.7 Å². The zero-order chi connectivity index (χ0) is 16.5. The molecule has 6 heteroatoms. The van der Waals surface area contributed by atoms with Crippen molar-refractivity contribution < 1.29 is 9.53 Å². The van der Waals surface area contributed by atoms with Crippen molar-refractivity contribution in [1.29, 1.82) is 0 Å². The Bertz CT molecular complexity index is 600. The van der Waals surface area contributed by atoms with Gasteiger partial charge in [0.1, 0.15) is 0 Å². The summed E-state index contributed by atoms with van der Waals surface area (Å²) in [6, 6.07) is 0.557. The number of hydrogen-bond donors (Lipinski definition) is 0. The molecule has 4 rings (SSSR count). The van der Waals surface area contributed by atoms with Crippen LogP contribution in [0.3, 0.4) is 0 Å². The number of urea groups is 1. The predicted molar refractivity (Wildman–Crippen MR) is 90.8 cm³/mol. The molecule has 1 aliphatic heterocycles. The maximum Gasteiger partial charge on any atom is 0.320 e. The number of carbonyl (C=O) groups excluding carboxylic acids is 1. The summed E-state index contributed by atoms with van der Waals surface area (Å²) in [6.45, 7) is 3.40. The summed E-state index contributed by atoms with van der Waals surface area (Å²) >= 11 is 0. The summed E-state index contributed by atoms with van der Waals surface area (Å²) in [7, 11) is 2.04. The van der Waals surface area contributed by atoms with Crippen molar-refractivity contribution in [3.63, 3.8) is 0 Å². The fourth-order valence-corrected chi connectivity index (χ4v) is 4.49. The number of carbonyl (C=O) groups is 1. The fourth-order valence-electron chi connectivity index (χ4n) is 4.49. The van der Waals surface area contributed by atoms with Crippen molar-refractivity contribution in [3.05, 3.63) is 17.0 Å². The molecular weight excluding hydrogens is 304 g/mol. The van der Waals surface area contributed by atoms with E-state index in [1.165, 1.54) is 30.5 Å². The summed E-state index contributed by atoms with van der Waals surface area (Å²) in [5, 5.41) is 4.75. The Kier molecular flexibility index (Phi) is 4.48. The fraction of sp³-hybridized carbons (Fsp3) is 0.778. The van der Waals surface area contributed by atoms with Crippen molar-refractivity contribution in [3.8, 4) is 0 Å². The maximum atomic E-state index is 13.2. The Morgan fingerprint density at radius 2 is 1.96 bits per heavy atom. The van der Waals surface area contributed by atoms with E-state index in [1.54, 1.807) is 0 Å². The van der Waals surface area contributed by atoms with Gasteiger partial charge in [0.15, 0.2) is 0 Å². The summed E-state index contributed by atoms with van der Waals surface area (Å²) in [5.74, 6) is 0. The average molecular weight is 332 g/mol. The molecule has 0 radical (unpaired) electrons. The molecule has 2 heterocycles. The van der Waals surface area contributed by atoms with Crippen molar-refractivity contribution in [2.45, 2.75) is 57.5 Å². The van der Waals surface area contributed by atoms with Crippen molar-refractivity contribution >= 4 is 6.03 Å². The highest BCUT2D eigenvalue weighted by molar-refractivity contribution is 5.75. The minimum absolute atomic E-state index is 0.183. The van der Waals surface area contributed by atoms with Crippen LogP contribution in [0.4, 0.5) is 4.79 Å². The lowest BCUT2D eigenvalue weighted by atomic mass is 10.1. The first-order valence-electron chi connectivity index (χ1n) is 9.41. The second-order valence-electron chi connectivity index (χ2n) is 7.30. The Balaban J connectivity index is 1.56. The molecule has 0 bridgehead atoms. The normalized spacial score (nSPS) is 21.3. The number of morpholine rings is 1. The van der Waals surface area contributed by atoms with Crippen LogP contribution in [0.1, 0.15) is 49.1 Å². The summed E-state index contributed by atoms with van der Waals surface area (Å²) in [5.41, 5.74) is 3.89. The molecule has 1 aromatic rings. The van der Waals surface area contributed by atoms with Crippen LogP contribution in [0.25, 0.3) is 0 Å². The highest BCUT2D eigenvalue weighted by Gasteiger charge is 2.32. The molecule has 0 aromatic carbocycles. The third kappa shape index (κ3) is 2.92. The molecule has 1 saturated heterocycles. The zero-order valence-electron chi connectivity index (χ0n) is 14.7. The minimum Gasteiger partial charge on any atom is -0.378 e. The first kappa shape index (κ1) is 15.9. The lowest BCUT2D eigenvalue weighted by Gasteiger charge is -2.36. The number of fused-ring (bicyclic) bond motifs is 1. The minimum atomic E-state index is 0.183. The first-order valence-corrected chi connectivity index (χ1v) is 9.41. The number of ether oxygens (including phenoxy) is 1. The molecular formula is C18H28N4O2. The van der Waals surface area contributed by atoms with E-state index in [4.69, 9.17) is 9.84 Å². The topological polar surface area (TPSA) is 50.6 Å². The van der Waals surface area contributed by atoms with Gasteiger partial charge in [0.25, 0.3) is 0 Å². The van der Waals surface area contributed by atoms with E-state index in [9.17, 15) is 4.79 Å². The van der Waals surface area contributed by atoms with Gasteiger partial charge in [0.05, 0.1) is 25.5 Å². The molecule has 2 aliphatic carbocycles. The van der Waals surface area contributed by atoms with Gasteiger partial charge in [-0.15, -0.1) is 0 Å². The largest absolute Gasteiger partial charge is 0.378 e. The van der Waals surface area contributed by atoms with Gasteiger partial charge in [-0.3, -0.25) is 4.68 Å². The van der Waals surface area contributed by atoms with Crippen LogP contribution in [0, 0.1) is 0 Å². The molecule has 1 saturated carbocycles. The molecule has 0 unspecified atom stereocenters. The molecule has 6 nitrogen and oxygen atoms in total. The number of nitrogens with zero attached hydrogens (tertiary/aromatic N) is 4. The van der Waals surface area contributed by atoms with E-state index in [1.807, 2.05) is 16.6 Å². The van der Waals surface area contributed by atoms with Crippen LogP contribution in [0.15, 0.2) is 0 Å². The van der Waals surface area contributed by atoms with E-state index in [0.717, 1.165) is 31.4 Å². The van der Waals surface area contributed by atoms with Gasteiger partial charge in [-0.1, -0.05) is 12.8 Å². The molecule has 2 fully saturated rings. The highest BCUT2D eigenvalue weighted by atomic mass is 16.5. The predicted octanol–water partition coefficient (Wildman–Crippen LogP) is 2.11. The molecule has 0 spiro atoms. The lowest BCUT2D eigenvalue weighted by molar-refractivity contribution is 0.0381. The van der Waals surface area contributed by atoms with E-state index in [2.05, 4.69) is 4.90 Å². The first-order chi connectivity index (χ1) is 11.7. The zero-order valence-corrected chi connectivity index (χ0v) is 14.7. The van der Waals surface area contributed by atoms with E-state index >= 15 is 0 Å². The second-order valence-corrected chi connectivity index (χ2v) is 7.30. The van der Waals surface area contributed by atoms with Crippen LogP contribution in [-0.4, -0.2) is 58.0 Å². The highest BCUT2D eigenvalue weighted by Crippen LogP contribution is 2.30. The Morgan fingerprint density at radius 1 is 1.21 bits per heavy atom. The third-order valence-electron chi connectivity index (χ3n) is 5.81. The van der Waals surface area contributed by atoms with Gasteiger partial charge in [-0.25, -0.2) is 4.79 Å². The van der Waals surface area contributed by atoms with Gasteiger partial charge >= 0.3 is 6.03 Å². The lowest BCUT2D eigenvalue weighted by Crippen LogP contribution is -2.50. The van der Waals surface area contributed by atoms with Crippen molar-refractivity contribution in [2.24, 2.45) is 7.05 Å². The van der Waals surface area contributed by atoms with Crippen LogP contribution in [0.2, 0.25) is 0 Å². The third-order valence-corrected chi connectivity index (χ3v) is 5.81. The number of hydrogen-bond acceptors (Lipinski definition) is 3. The van der Waals surface area contributed by atoms with Crippen LogP contribution in [0.5, 0.6) is 0 Å². The smallest absolute Gasteiger partial charge is 0.320 e. The molecule has 0 N–H and O–H groups in total. The van der Waals surface area contributed by atoms with E-state index < -0.39 is 0 Å². The SMILES string of the molecule is Cn1nc(CN(C(=O)N2CCOCC2)C2CCCC2)c2c1CCC2. The van der Waals surface area contributed by atoms with E-state index in [-0.39, 0.29) is 6.03 Å². The number of aryl methyl sites for hydroxylation is 1. The number of amides is 2. The molecule has 24 heavy (non-hydrogen) atoms. The monoisotopic (exact) mass is 332 g/mol. The van der Waals surface area contributed by atoms with Crippen LogP contribution < -0.4 is 0 Å². The molecule has 0 atom stereocenters. The van der Waals surface area contributed by atoms with E-state index in [0.29, 0.717) is 38.9 Å². The van der Waals surface area contributed by atoms with Gasteiger partial charge in [0, 0.05) is 31.9 Å².